The van der Waals surface area contributed by atoms with E-state index in [2.05, 4.69) is 34.8 Å². The van der Waals surface area contributed by atoms with Gasteiger partial charge < -0.3 is 0 Å². The number of amides is 1. The zero-order valence-corrected chi connectivity index (χ0v) is 17.6. The summed E-state index contributed by atoms with van der Waals surface area (Å²) in [6.45, 7) is 1.88. The van der Waals surface area contributed by atoms with E-state index in [0.717, 1.165) is 17.7 Å². The zero-order valence-electron chi connectivity index (χ0n) is 17.6. The Morgan fingerprint density at radius 1 is 0.871 bits per heavy atom. The molecule has 1 amide bonds. The number of carbonyl (C=O) groups excluding carboxylic acids is 1. The monoisotopic (exact) mass is 406 g/mol. The maximum absolute atomic E-state index is 12.9. The number of hydrogen-bond donors (Lipinski definition) is 1. The first kappa shape index (κ1) is 20.5. The van der Waals surface area contributed by atoms with Crippen LogP contribution in [0.3, 0.4) is 0 Å². The molecule has 0 bridgehead atoms. The molecule has 3 heteroatoms. The second-order valence-electron chi connectivity index (χ2n) is 7.82. The van der Waals surface area contributed by atoms with E-state index < -0.39 is 0 Å². The standard InChI is InChI=1S/C28H26N2O/c1-22(13-11-12-16-23-14-5-2-6-15-23)29-30-27(31)26-21-28(26,24-17-7-3-8-18-24)25-19-9-4-10-20-25/h2-20,26H,21H2,1H3,(H,30,31)/b13-11+,16-12+,29-22?/t26-/m1/s1. The molecule has 0 aromatic heterocycles. The lowest BCUT2D eigenvalue weighted by atomic mass is 9.85. The van der Waals surface area contributed by atoms with Crippen molar-refractivity contribution in [2.24, 2.45) is 11.0 Å². The highest BCUT2D eigenvalue weighted by Gasteiger charge is 2.60. The molecule has 3 aromatic carbocycles. The van der Waals surface area contributed by atoms with Gasteiger partial charge in [0.15, 0.2) is 0 Å². The van der Waals surface area contributed by atoms with Crippen LogP contribution in [0.25, 0.3) is 6.08 Å². The van der Waals surface area contributed by atoms with Gasteiger partial charge in [-0.05, 0) is 36.1 Å². The van der Waals surface area contributed by atoms with Crippen LogP contribution >= 0.6 is 0 Å². The van der Waals surface area contributed by atoms with Crippen LogP contribution in [0.2, 0.25) is 0 Å². The number of hydrazone groups is 1. The summed E-state index contributed by atoms with van der Waals surface area (Å²) in [6, 6.07) is 30.7. The van der Waals surface area contributed by atoms with Gasteiger partial charge in [0.25, 0.3) is 0 Å². The minimum absolute atomic E-state index is 0.0414. The molecule has 31 heavy (non-hydrogen) atoms. The summed E-state index contributed by atoms with van der Waals surface area (Å²) < 4.78 is 0. The van der Waals surface area contributed by atoms with Crippen molar-refractivity contribution in [3.05, 3.63) is 126 Å². The third kappa shape index (κ3) is 4.72. The molecule has 4 rings (SSSR count). The molecule has 1 saturated carbocycles. The first-order valence-electron chi connectivity index (χ1n) is 10.5. The molecule has 3 nitrogen and oxygen atoms in total. The van der Waals surface area contributed by atoms with Gasteiger partial charge in [-0.25, -0.2) is 5.43 Å². The van der Waals surface area contributed by atoms with Crippen molar-refractivity contribution >= 4 is 17.7 Å². The van der Waals surface area contributed by atoms with Crippen molar-refractivity contribution in [2.45, 2.75) is 18.8 Å². The lowest BCUT2D eigenvalue weighted by Crippen LogP contribution is -2.26. The van der Waals surface area contributed by atoms with Gasteiger partial charge in [-0.1, -0.05) is 109 Å². The summed E-state index contributed by atoms with van der Waals surface area (Å²) in [5.41, 5.74) is 6.73. The summed E-state index contributed by atoms with van der Waals surface area (Å²) in [5, 5.41) is 4.28. The summed E-state index contributed by atoms with van der Waals surface area (Å²) in [4.78, 5) is 12.9. The maximum atomic E-state index is 12.9. The molecule has 0 aliphatic heterocycles. The summed E-state index contributed by atoms with van der Waals surface area (Å²) >= 11 is 0. The number of nitrogens with zero attached hydrogens (tertiary/aromatic N) is 1. The molecule has 0 unspecified atom stereocenters. The van der Waals surface area contributed by atoms with Crippen molar-refractivity contribution < 1.29 is 4.79 Å². The summed E-state index contributed by atoms with van der Waals surface area (Å²) in [7, 11) is 0. The van der Waals surface area contributed by atoms with E-state index in [9.17, 15) is 4.79 Å². The Bertz CT molecular complexity index is 1060. The Labute approximate surface area is 183 Å². The first-order valence-corrected chi connectivity index (χ1v) is 10.5. The van der Waals surface area contributed by atoms with E-state index in [1.54, 1.807) is 0 Å². The van der Waals surface area contributed by atoms with Crippen LogP contribution in [0.5, 0.6) is 0 Å². The van der Waals surface area contributed by atoms with Gasteiger partial charge >= 0.3 is 0 Å². The fraction of sp³-hybridized carbons (Fsp3) is 0.143. The molecule has 1 aliphatic rings. The van der Waals surface area contributed by atoms with Crippen LogP contribution in [0.1, 0.15) is 30.0 Å². The molecule has 1 aliphatic carbocycles. The van der Waals surface area contributed by atoms with Gasteiger partial charge in [0, 0.05) is 5.41 Å². The van der Waals surface area contributed by atoms with Crippen molar-refractivity contribution in [2.75, 3.05) is 0 Å². The Hall–Kier alpha value is -3.72. The number of rotatable bonds is 7. The van der Waals surface area contributed by atoms with Crippen LogP contribution in [0.4, 0.5) is 0 Å². The van der Waals surface area contributed by atoms with Gasteiger partial charge in [0.2, 0.25) is 5.91 Å². The van der Waals surface area contributed by atoms with E-state index >= 15 is 0 Å². The smallest absolute Gasteiger partial charge is 0.244 e. The normalized spacial score (nSPS) is 17.7. The van der Waals surface area contributed by atoms with E-state index in [-0.39, 0.29) is 17.2 Å². The maximum Gasteiger partial charge on any atom is 0.244 e. The zero-order chi connectivity index (χ0) is 21.5. The van der Waals surface area contributed by atoms with Crippen LogP contribution in [-0.2, 0) is 10.2 Å². The molecule has 1 N–H and O–H groups in total. The predicted molar refractivity (Wildman–Crippen MR) is 128 cm³/mol. The molecule has 0 radical (unpaired) electrons. The largest absolute Gasteiger partial charge is 0.273 e. The van der Waals surface area contributed by atoms with Crippen molar-refractivity contribution in [3.8, 4) is 0 Å². The minimum Gasteiger partial charge on any atom is -0.273 e. The van der Waals surface area contributed by atoms with E-state index in [4.69, 9.17) is 0 Å². The van der Waals surface area contributed by atoms with Crippen molar-refractivity contribution in [1.82, 2.24) is 5.43 Å². The lowest BCUT2D eigenvalue weighted by Gasteiger charge is -2.18. The highest BCUT2D eigenvalue weighted by molar-refractivity contribution is 5.94. The van der Waals surface area contributed by atoms with Crippen LogP contribution in [-0.4, -0.2) is 11.6 Å². The first-order chi connectivity index (χ1) is 15.2. The van der Waals surface area contributed by atoms with Crippen molar-refractivity contribution in [3.63, 3.8) is 0 Å². The van der Waals surface area contributed by atoms with Gasteiger partial charge in [0.05, 0.1) is 11.6 Å². The number of allylic oxidation sites excluding steroid dienone is 3. The molecule has 154 valence electrons. The number of benzene rings is 3. The van der Waals surface area contributed by atoms with Crippen molar-refractivity contribution in [1.29, 1.82) is 0 Å². The topological polar surface area (TPSA) is 41.5 Å². The van der Waals surface area contributed by atoms with E-state index in [1.165, 1.54) is 11.1 Å². The Morgan fingerprint density at radius 3 is 2.00 bits per heavy atom. The fourth-order valence-corrected chi connectivity index (χ4v) is 4.04. The van der Waals surface area contributed by atoms with Crippen LogP contribution < -0.4 is 5.43 Å². The van der Waals surface area contributed by atoms with Gasteiger partial charge in [-0.2, -0.15) is 5.10 Å². The van der Waals surface area contributed by atoms with Gasteiger partial charge in [0.1, 0.15) is 0 Å². The SMILES string of the molecule is CC(/C=C/C=C/c1ccccc1)=NNC(=O)[C@H]1CC1(c1ccccc1)c1ccccc1. The van der Waals surface area contributed by atoms with Crippen LogP contribution in [0.15, 0.2) is 114 Å². The molecule has 3 aromatic rings. The molecule has 1 fully saturated rings. The second kappa shape index (κ2) is 9.40. The molecule has 0 heterocycles. The molecular formula is C28H26N2O. The quantitative estimate of drug-likeness (QED) is 0.303. The highest BCUT2D eigenvalue weighted by atomic mass is 16.2. The predicted octanol–water partition coefficient (Wildman–Crippen LogP) is 5.75. The van der Waals surface area contributed by atoms with E-state index in [0.29, 0.717) is 0 Å². The summed E-state index contributed by atoms with van der Waals surface area (Å²) in [6.07, 6.45) is 8.59. The average molecular weight is 407 g/mol. The van der Waals surface area contributed by atoms with Crippen LogP contribution in [0, 0.1) is 5.92 Å². The average Bonchev–Trinajstić information content (AvgIpc) is 3.59. The fourth-order valence-electron chi connectivity index (χ4n) is 4.04. The molecular weight excluding hydrogens is 380 g/mol. The Kier molecular flexibility index (Phi) is 6.23. The number of nitrogens with one attached hydrogen (secondary N) is 1. The van der Waals surface area contributed by atoms with Gasteiger partial charge in [-0.3, -0.25) is 4.79 Å². The summed E-state index contributed by atoms with van der Waals surface area (Å²) in [5.74, 6) is -0.170. The second-order valence-corrected chi connectivity index (χ2v) is 7.82. The molecule has 0 spiro atoms. The molecule has 0 saturated heterocycles. The Balaban J connectivity index is 1.42. The Morgan fingerprint density at radius 2 is 1.42 bits per heavy atom. The molecule has 1 atom stereocenters. The minimum atomic E-state index is -0.274. The third-order valence-corrected chi connectivity index (χ3v) is 5.73. The van der Waals surface area contributed by atoms with E-state index in [1.807, 2.05) is 98.0 Å². The third-order valence-electron chi connectivity index (χ3n) is 5.73. The highest BCUT2D eigenvalue weighted by Crippen LogP contribution is 2.58. The number of carbonyl (C=O) groups is 1. The lowest BCUT2D eigenvalue weighted by molar-refractivity contribution is -0.122. The van der Waals surface area contributed by atoms with Gasteiger partial charge in [-0.15, -0.1) is 0 Å². The number of hydrogen-bond acceptors (Lipinski definition) is 2.